The van der Waals surface area contributed by atoms with E-state index >= 15 is 0 Å². The summed E-state index contributed by atoms with van der Waals surface area (Å²) in [4.78, 5) is 28.1. The van der Waals surface area contributed by atoms with E-state index in [0.717, 1.165) is 57.3 Å². The van der Waals surface area contributed by atoms with Crippen LogP contribution in [0.4, 0.5) is 0 Å². The van der Waals surface area contributed by atoms with Gasteiger partial charge in [0.2, 0.25) is 0 Å². The standard InChI is InChI=1S/C21H33N3O3/c1-15(2)14-27-18-13-19(25)24-10-6-4-5-7-17(24)20(18)21(26)22-16-8-11-23(3)12-9-16/h13,15-16H,4-12,14H2,1-3H3,(H,22,26). The summed E-state index contributed by atoms with van der Waals surface area (Å²) in [6, 6.07) is 1.70. The van der Waals surface area contributed by atoms with Crippen LogP contribution in [0.5, 0.6) is 5.75 Å². The van der Waals surface area contributed by atoms with E-state index in [1.54, 1.807) is 4.57 Å². The van der Waals surface area contributed by atoms with Gasteiger partial charge in [-0.3, -0.25) is 9.59 Å². The number of ether oxygens (including phenoxy) is 1. The van der Waals surface area contributed by atoms with Crippen molar-refractivity contribution in [3.63, 3.8) is 0 Å². The molecule has 0 saturated carbocycles. The smallest absolute Gasteiger partial charge is 0.257 e. The molecule has 0 aromatic carbocycles. The molecule has 6 heteroatoms. The van der Waals surface area contributed by atoms with Crippen LogP contribution >= 0.6 is 0 Å². The van der Waals surface area contributed by atoms with Crippen LogP contribution in [0.25, 0.3) is 0 Å². The molecule has 3 heterocycles. The highest BCUT2D eigenvalue weighted by Crippen LogP contribution is 2.26. The zero-order chi connectivity index (χ0) is 19.4. The molecule has 0 spiro atoms. The molecule has 3 rings (SSSR count). The number of nitrogens with zero attached hydrogens (tertiary/aromatic N) is 2. The van der Waals surface area contributed by atoms with E-state index in [1.807, 2.05) is 0 Å². The van der Waals surface area contributed by atoms with Crippen LogP contribution in [0, 0.1) is 5.92 Å². The summed E-state index contributed by atoms with van der Waals surface area (Å²) in [6.07, 6.45) is 5.74. The SMILES string of the molecule is CC(C)COc1cc(=O)n2c(c1C(=O)NC1CCN(C)CC1)CCCCC2. The maximum Gasteiger partial charge on any atom is 0.257 e. The molecule has 150 valence electrons. The number of likely N-dealkylation sites (tertiary alicyclic amines) is 1. The van der Waals surface area contributed by atoms with Gasteiger partial charge in [-0.25, -0.2) is 0 Å². The van der Waals surface area contributed by atoms with Crippen molar-refractivity contribution < 1.29 is 9.53 Å². The fraction of sp³-hybridized carbons (Fsp3) is 0.714. The van der Waals surface area contributed by atoms with Crippen molar-refractivity contribution in [2.45, 2.75) is 65.0 Å². The lowest BCUT2D eigenvalue weighted by molar-refractivity contribution is 0.0909. The van der Waals surface area contributed by atoms with E-state index < -0.39 is 0 Å². The molecule has 2 aliphatic rings. The topological polar surface area (TPSA) is 63.6 Å². The van der Waals surface area contributed by atoms with Crippen LogP contribution < -0.4 is 15.6 Å². The first-order valence-corrected chi connectivity index (χ1v) is 10.3. The highest BCUT2D eigenvalue weighted by atomic mass is 16.5. The molecular weight excluding hydrogens is 342 g/mol. The van der Waals surface area contributed by atoms with Gasteiger partial charge in [0.15, 0.2) is 0 Å². The molecule has 1 saturated heterocycles. The summed E-state index contributed by atoms with van der Waals surface area (Å²) in [6.45, 7) is 7.30. The summed E-state index contributed by atoms with van der Waals surface area (Å²) < 4.78 is 7.72. The first-order chi connectivity index (χ1) is 13.0. The largest absolute Gasteiger partial charge is 0.492 e. The molecule has 0 radical (unpaired) electrons. The van der Waals surface area contributed by atoms with E-state index in [9.17, 15) is 9.59 Å². The normalized spacial score (nSPS) is 18.8. The molecule has 0 atom stereocenters. The van der Waals surface area contributed by atoms with Gasteiger partial charge in [-0.1, -0.05) is 20.3 Å². The van der Waals surface area contributed by atoms with E-state index in [0.29, 0.717) is 30.4 Å². The molecule has 1 amide bonds. The van der Waals surface area contributed by atoms with E-state index in [2.05, 4.69) is 31.1 Å². The molecule has 2 aliphatic heterocycles. The lowest BCUT2D eigenvalue weighted by atomic mass is 10.0. The lowest BCUT2D eigenvalue weighted by Gasteiger charge is -2.30. The van der Waals surface area contributed by atoms with Crippen LogP contribution in [0.1, 0.15) is 62.0 Å². The monoisotopic (exact) mass is 375 g/mol. The third-order valence-electron chi connectivity index (χ3n) is 5.53. The Morgan fingerprint density at radius 3 is 2.67 bits per heavy atom. The Kier molecular flexibility index (Phi) is 6.58. The minimum absolute atomic E-state index is 0.0542. The Labute approximate surface area is 161 Å². The molecule has 0 bridgehead atoms. The minimum Gasteiger partial charge on any atom is -0.492 e. The van der Waals surface area contributed by atoms with E-state index in [-0.39, 0.29) is 17.5 Å². The van der Waals surface area contributed by atoms with Crippen LogP contribution in [0.3, 0.4) is 0 Å². The van der Waals surface area contributed by atoms with Crippen molar-refractivity contribution in [2.75, 3.05) is 26.7 Å². The molecule has 1 fully saturated rings. The van der Waals surface area contributed by atoms with Gasteiger partial charge in [-0.2, -0.15) is 0 Å². The summed E-state index contributed by atoms with van der Waals surface area (Å²) in [5.41, 5.74) is 1.38. The zero-order valence-corrected chi connectivity index (χ0v) is 16.9. The molecule has 27 heavy (non-hydrogen) atoms. The third kappa shape index (κ3) is 4.92. The second-order valence-corrected chi connectivity index (χ2v) is 8.39. The Morgan fingerprint density at radius 1 is 1.22 bits per heavy atom. The number of pyridine rings is 1. The van der Waals surface area contributed by atoms with Crippen LogP contribution in [-0.2, 0) is 13.0 Å². The summed E-state index contributed by atoms with van der Waals surface area (Å²) >= 11 is 0. The van der Waals surface area contributed by atoms with E-state index in [1.165, 1.54) is 6.07 Å². The predicted molar refractivity (Wildman–Crippen MR) is 107 cm³/mol. The van der Waals surface area contributed by atoms with Crippen molar-refractivity contribution in [3.8, 4) is 5.75 Å². The van der Waals surface area contributed by atoms with Crippen LogP contribution in [0.2, 0.25) is 0 Å². The number of carbonyl (C=O) groups excluding carboxylic acids is 1. The van der Waals surface area contributed by atoms with Crippen molar-refractivity contribution in [2.24, 2.45) is 5.92 Å². The molecular formula is C21H33N3O3. The highest BCUT2D eigenvalue weighted by molar-refractivity contribution is 5.98. The fourth-order valence-corrected chi connectivity index (χ4v) is 3.94. The average Bonchev–Trinajstić information content (AvgIpc) is 2.88. The van der Waals surface area contributed by atoms with Gasteiger partial charge < -0.3 is 19.5 Å². The first kappa shape index (κ1) is 19.9. The molecule has 1 aromatic rings. The highest BCUT2D eigenvalue weighted by Gasteiger charge is 2.26. The maximum atomic E-state index is 13.2. The second kappa shape index (κ2) is 8.91. The summed E-state index contributed by atoms with van der Waals surface area (Å²) in [5.74, 6) is 0.692. The number of carbonyl (C=O) groups is 1. The molecule has 1 N–H and O–H groups in total. The molecule has 6 nitrogen and oxygen atoms in total. The second-order valence-electron chi connectivity index (χ2n) is 8.39. The number of piperidine rings is 1. The van der Waals surface area contributed by atoms with Crippen molar-refractivity contribution in [3.05, 3.63) is 27.7 Å². The van der Waals surface area contributed by atoms with Gasteiger partial charge in [0.05, 0.1) is 6.61 Å². The molecule has 0 unspecified atom stereocenters. The fourth-order valence-electron chi connectivity index (χ4n) is 3.94. The number of aromatic nitrogens is 1. The number of rotatable bonds is 5. The number of nitrogens with one attached hydrogen (secondary N) is 1. The number of fused-ring (bicyclic) bond motifs is 1. The summed E-state index contributed by atoms with van der Waals surface area (Å²) in [7, 11) is 2.11. The number of amides is 1. The van der Waals surface area contributed by atoms with Gasteiger partial charge in [-0.15, -0.1) is 0 Å². The maximum absolute atomic E-state index is 13.2. The van der Waals surface area contributed by atoms with Gasteiger partial charge >= 0.3 is 0 Å². The van der Waals surface area contributed by atoms with Crippen LogP contribution in [0.15, 0.2) is 10.9 Å². The van der Waals surface area contributed by atoms with Crippen molar-refractivity contribution >= 4 is 5.91 Å². The Bertz CT molecular complexity index is 718. The van der Waals surface area contributed by atoms with Gasteiger partial charge in [0, 0.05) is 24.3 Å². The Balaban J connectivity index is 1.92. The van der Waals surface area contributed by atoms with Gasteiger partial charge in [-0.05, 0) is 58.2 Å². The molecule has 0 aliphatic carbocycles. The van der Waals surface area contributed by atoms with Crippen molar-refractivity contribution in [1.29, 1.82) is 0 Å². The van der Waals surface area contributed by atoms with Gasteiger partial charge in [0.25, 0.3) is 11.5 Å². The van der Waals surface area contributed by atoms with Crippen molar-refractivity contribution in [1.82, 2.24) is 14.8 Å². The minimum atomic E-state index is -0.0889. The number of hydrogen-bond acceptors (Lipinski definition) is 4. The van der Waals surface area contributed by atoms with Crippen LogP contribution in [-0.4, -0.2) is 48.2 Å². The predicted octanol–water partition coefficient (Wildman–Crippen LogP) is 2.43. The van der Waals surface area contributed by atoms with Gasteiger partial charge in [0.1, 0.15) is 11.3 Å². The number of hydrogen-bond donors (Lipinski definition) is 1. The zero-order valence-electron chi connectivity index (χ0n) is 16.9. The lowest BCUT2D eigenvalue weighted by Crippen LogP contribution is -2.44. The molecule has 1 aromatic heterocycles. The quantitative estimate of drug-likeness (QED) is 0.859. The van der Waals surface area contributed by atoms with E-state index in [4.69, 9.17) is 4.74 Å². The first-order valence-electron chi connectivity index (χ1n) is 10.3. The Morgan fingerprint density at radius 2 is 1.96 bits per heavy atom. The Hall–Kier alpha value is -1.82. The third-order valence-corrected chi connectivity index (χ3v) is 5.53. The average molecular weight is 376 g/mol. The summed E-state index contributed by atoms with van der Waals surface area (Å²) in [5, 5.41) is 3.21.